The summed E-state index contributed by atoms with van der Waals surface area (Å²) in [5.74, 6) is -3.11. The minimum Gasteiger partial charge on any atom is -0.403 e. The first-order chi connectivity index (χ1) is 8.04. The number of nitrogens with zero attached hydrogens (tertiary/aromatic N) is 1. The molecule has 18 heavy (non-hydrogen) atoms. The van der Waals surface area contributed by atoms with E-state index in [2.05, 4.69) is 25.7 Å². The van der Waals surface area contributed by atoms with Crippen molar-refractivity contribution in [1.29, 1.82) is 0 Å². The monoisotopic (exact) mass is 341 g/mol. The molecule has 1 aromatic rings. The number of pyridine rings is 1. The van der Waals surface area contributed by atoms with Gasteiger partial charge in [-0.2, -0.15) is 17.6 Å². The topological polar surface area (TPSA) is 22.1 Å². The number of alkyl halides is 7. The molecule has 0 N–H and O–H groups in total. The van der Waals surface area contributed by atoms with Crippen molar-refractivity contribution < 1.29 is 35.5 Å². The standard InChI is InChI=1S/C8H3BrF7NO/c9-2-4-6(18-8(14,15)16)3(7(11,12)13)1-5(10)17-4/h1H,2H2. The molecule has 1 heterocycles. The zero-order valence-electron chi connectivity index (χ0n) is 8.16. The summed E-state index contributed by atoms with van der Waals surface area (Å²) in [5, 5.41) is -0.529. The molecule has 0 aliphatic heterocycles. The Bertz CT molecular complexity index is 442. The van der Waals surface area contributed by atoms with E-state index in [1.54, 1.807) is 0 Å². The van der Waals surface area contributed by atoms with Gasteiger partial charge in [-0.15, -0.1) is 13.2 Å². The summed E-state index contributed by atoms with van der Waals surface area (Å²) in [6, 6.07) is -0.159. The maximum atomic E-state index is 12.8. The molecule has 0 aliphatic carbocycles. The van der Waals surface area contributed by atoms with E-state index in [0.717, 1.165) is 0 Å². The van der Waals surface area contributed by atoms with E-state index in [1.807, 2.05) is 0 Å². The van der Waals surface area contributed by atoms with Gasteiger partial charge in [0.1, 0.15) is 5.56 Å². The van der Waals surface area contributed by atoms with Crippen LogP contribution < -0.4 is 4.74 Å². The first kappa shape index (κ1) is 15.0. The molecule has 0 spiro atoms. The van der Waals surface area contributed by atoms with E-state index in [4.69, 9.17) is 0 Å². The van der Waals surface area contributed by atoms with Gasteiger partial charge in [0.05, 0.1) is 5.69 Å². The maximum Gasteiger partial charge on any atom is 0.573 e. The molecule has 0 fully saturated rings. The fraction of sp³-hybridized carbons (Fsp3) is 0.375. The fourth-order valence-corrected chi connectivity index (χ4v) is 1.46. The Balaban J connectivity index is 3.43. The molecule has 1 rings (SSSR count). The molecule has 2 nitrogen and oxygen atoms in total. The van der Waals surface area contributed by atoms with Crippen molar-refractivity contribution in [2.24, 2.45) is 0 Å². The van der Waals surface area contributed by atoms with Crippen LogP contribution in [0.3, 0.4) is 0 Å². The second-order valence-corrected chi connectivity index (χ2v) is 3.51. The van der Waals surface area contributed by atoms with E-state index in [9.17, 15) is 30.7 Å². The van der Waals surface area contributed by atoms with Crippen LogP contribution in [0.5, 0.6) is 5.75 Å². The number of rotatable bonds is 2. The minimum atomic E-state index is -5.34. The summed E-state index contributed by atoms with van der Waals surface area (Å²) in [6.45, 7) is 0. The van der Waals surface area contributed by atoms with E-state index >= 15 is 0 Å². The maximum absolute atomic E-state index is 12.8. The molecule has 102 valence electrons. The summed E-state index contributed by atoms with van der Waals surface area (Å²) in [5.41, 5.74) is -2.71. The molecule has 0 unspecified atom stereocenters. The van der Waals surface area contributed by atoms with Crippen LogP contribution in [-0.2, 0) is 11.5 Å². The SMILES string of the molecule is Fc1cc(C(F)(F)F)c(OC(F)(F)F)c(CBr)n1. The van der Waals surface area contributed by atoms with Crippen molar-refractivity contribution in [2.75, 3.05) is 0 Å². The lowest BCUT2D eigenvalue weighted by Gasteiger charge is -2.17. The smallest absolute Gasteiger partial charge is 0.403 e. The quantitative estimate of drug-likeness (QED) is 0.460. The van der Waals surface area contributed by atoms with Gasteiger partial charge >= 0.3 is 12.5 Å². The lowest BCUT2D eigenvalue weighted by atomic mass is 10.2. The molecule has 0 amide bonds. The van der Waals surface area contributed by atoms with Crippen LogP contribution in [-0.4, -0.2) is 11.3 Å². The predicted molar refractivity (Wildman–Crippen MR) is 48.5 cm³/mol. The molecule has 0 saturated heterocycles. The first-order valence-corrected chi connectivity index (χ1v) is 5.25. The van der Waals surface area contributed by atoms with E-state index in [-0.39, 0.29) is 6.07 Å². The van der Waals surface area contributed by atoms with Crippen LogP contribution in [0, 0.1) is 5.95 Å². The van der Waals surface area contributed by atoms with Crippen molar-refractivity contribution in [1.82, 2.24) is 4.98 Å². The van der Waals surface area contributed by atoms with Gasteiger partial charge < -0.3 is 4.74 Å². The number of halogens is 8. The van der Waals surface area contributed by atoms with Crippen molar-refractivity contribution >= 4 is 15.9 Å². The highest BCUT2D eigenvalue weighted by molar-refractivity contribution is 9.08. The lowest BCUT2D eigenvalue weighted by molar-refractivity contribution is -0.276. The Morgan fingerprint density at radius 1 is 1.17 bits per heavy atom. The number of hydrogen-bond acceptors (Lipinski definition) is 2. The van der Waals surface area contributed by atoms with Gasteiger partial charge in [-0.3, -0.25) is 0 Å². The van der Waals surface area contributed by atoms with Crippen LogP contribution in [0.4, 0.5) is 30.7 Å². The molecule has 0 aliphatic rings. The van der Waals surface area contributed by atoms with Gasteiger partial charge in [0.15, 0.2) is 5.75 Å². The molecular formula is C8H3BrF7NO. The Morgan fingerprint density at radius 2 is 1.72 bits per heavy atom. The summed E-state index contributed by atoms with van der Waals surface area (Å²) >= 11 is 2.61. The zero-order chi connectivity index (χ0) is 14.1. The molecule has 0 bridgehead atoms. The molecule has 10 heteroatoms. The second-order valence-electron chi connectivity index (χ2n) is 2.95. The average molecular weight is 342 g/mol. The highest BCUT2D eigenvalue weighted by Crippen LogP contribution is 2.40. The Labute approximate surface area is 104 Å². The van der Waals surface area contributed by atoms with Gasteiger partial charge in [-0.1, -0.05) is 15.9 Å². The first-order valence-electron chi connectivity index (χ1n) is 4.13. The second kappa shape index (κ2) is 4.90. The van der Waals surface area contributed by atoms with Gasteiger partial charge in [0.25, 0.3) is 0 Å². The fourth-order valence-electron chi connectivity index (χ4n) is 1.08. The molecule has 0 saturated carbocycles. The van der Waals surface area contributed by atoms with E-state index < -0.39 is 40.8 Å². The number of hydrogen-bond donors (Lipinski definition) is 0. The normalized spacial score (nSPS) is 12.7. The summed E-state index contributed by atoms with van der Waals surface area (Å²) < 4.78 is 89.4. The van der Waals surface area contributed by atoms with E-state index in [0.29, 0.717) is 0 Å². The molecule has 0 atom stereocenters. The van der Waals surface area contributed by atoms with Crippen molar-refractivity contribution in [3.05, 3.63) is 23.3 Å². The van der Waals surface area contributed by atoms with Gasteiger partial charge in [0, 0.05) is 11.4 Å². The number of ether oxygens (including phenoxy) is 1. The van der Waals surface area contributed by atoms with Gasteiger partial charge in [0.2, 0.25) is 5.95 Å². The summed E-state index contributed by atoms with van der Waals surface area (Å²) in [6.07, 6.45) is -10.5. The van der Waals surface area contributed by atoms with Gasteiger partial charge in [-0.05, 0) is 0 Å². The van der Waals surface area contributed by atoms with Crippen molar-refractivity contribution in [2.45, 2.75) is 17.9 Å². The van der Waals surface area contributed by atoms with E-state index in [1.165, 1.54) is 0 Å². The lowest BCUT2D eigenvalue weighted by Crippen LogP contribution is -2.22. The molecular weight excluding hydrogens is 339 g/mol. The van der Waals surface area contributed by atoms with Crippen molar-refractivity contribution in [3.8, 4) is 5.75 Å². The predicted octanol–water partition coefficient (Wildman–Crippen LogP) is 4.03. The molecule has 0 aromatic carbocycles. The van der Waals surface area contributed by atoms with Crippen LogP contribution in [0.1, 0.15) is 11.3 Å². The van der Waals surface area contributed by atoms with Crippen LogP contribution >= 0.6 is 15.9 Å². The highest BCUT2D eigenvalue weighted by Gasteiger charge is 2.41. The summed E-state index contributed by atoms with van der Waals surface area (Å²) in [4.78, 5) is 2.91. The van der Waals surface area contributed by atoms with Crippen LogP contribution in [0.25, 0.3) is 0 Å². The largest absolute Gasteiger partial charge is 0.573 e. The van der Waals surface area contributed by atoms with Crippen LogP contribution in [0.2, 0.25) is 0 Å². The van der Waals surface area contributed by atoms with Crippen LogP contribution in [0.15, 0.2) is 6.07 Å². The third kappa shape index (κ3) is 3.72. The van der Waals surface area contributed by atoms with Crippen molar-refractivity contribution in [3.63, 3.8) is 0 Å². The molecule has 0 radical (unpaired) electrons. The average Bonchev–Trinajstić information content (AvgIpc) is 2.16. The molecule has 1 aromatic heterocycles. The number of aromatic nitrogens is 1. The van der Waals surface area contributed by atoms with Gasteiger partial charge in [-0.25, -0.2) is 4.98 Å². The Kier molecular flexibility index (Phi) is 4.08. The Morgan fingerprint density at radius 3 is 2.11 bits per heavy atom. The highest BCUT2D eigenvalue weighted by atomic mass is 79.9. The minimum absolute atomic E-state index is 0.159. The third-order valence-electron chi connectivity index (χ3n) is 1.66. The summed E-state index contributed by atoms with van der Waals surface area (Å²) in [7, 11) is 0. The third-order valence-corrected chi connectivity index (χ3v) is 2.19. The zero-order valence-corrected chi connectivity index (χ0v) is 9.75. The Hall–Kier alpha value is -1.06.